The largest absolute Gasteiger partial charge is 0.384 e. The summed E-state index contributed by atoms with van der Waals surface area (Å²) in [5.74, 6) is 0.459. The first kappa shape index (κ1) is 22.7. The summed E-state index contributed by atoms with van der Waals surface area (Å²) in [7, 11) is 1.58. The molecule has 8 heteroatoms. The number of nitrogens with zero attached hydrogens (tertiary/aromatic N) is 3. The highest BCUT2D eigenvalue weighted by Gasteiger charge is 2.12. The third-order valence-electron chi connectivity index (χ3n) is 5.45. The Morgan fingerprint density at radius 3 is 2.45 bits per heavy atom. The van der Waals surface area contributed by atoms with E-state index in [-0.39, 0.29) is 5.91 Å². The third kappa shape index (κ3) is 6.06. The van der Waals surface area contributed by atoms with Gasteiger partial charge in [0.1, 0.15) is 0 Å². The average Bonchev–Trinajstić information content (AvgIpc) is 2.85. The second kappa shape index (κ2) is 10.9. The molecule has 0 radical (unpaired) electrons. The molecule has 0 bridgehead atoms. The highest BCUT2D eigenvalue weighted by molar-refractivity contribution is 5.91. The van der Waals surface area contributed by atoms with Gasteiger partial charge in [0.2, 0.25) is 11.9 Å². The number of benzene rings is 2. The van der Waals surface area contributed by atoms with Gasteiger partial charge in [-0.3, -0.25) is 4.79 Å². The van der Waals surface area contributed by atoms with Gasteiger partial charge in [0.25, 0.3) is 0 Å². The molecule has 1 aliphatic rings. The van der Waals surface area contributed by atoms with Crippen LogP contribution in [0, 0.1) is 6.92 Å². The zero-order valence-electron chi connectivity index (χ0n) is 19.0. The maximum Gasteiger partial charge on any atom is 0.227 e. The van der Waals surface area contributed by atoms with Crippen molar-refractivity contribution in [3.63, 3.8) is 0 Å². The third-order valence-corrected chi connectivity index (χ3v) is 5.45. The van der Waals surface area contributed by atoms with Crippen LogP contribution in [0.15, 0.2) is 54.7 Å². The Balaban J connectivity index is 1.44. The summed E-state index contributed by atoms with van der Waals surface area (Å²) in [5.41, 5.74) is 5.62. The first-order valence-electron chi connectivity index (χ1n) is 11.0. The van der Waals surface area contributed by atoms with Crippen LogP contribution >= 0.6 is 0 Å². The van der Waals surface area contributed by atoms with E-state index in [1.165, 1.54) is 5.69 Å². The Morgan fingerprint density at radius 2 is 1.76 bits per heavy atom. The molecule has 1 amide bonds. The van der Waals surface area contributed by atoms with Crippen molar-refractivity contribution in [2.45, 2.75) is 13.3 Å². The molecule has 1 saturated heterocycles. The van der Waals surface area contributed by atoms with Crippen LogP contribution in [0.25, 0.3) is 11.3 Å². The first-order valence-corrected chi connectivity index (χ1v) is 11.0. The fourth-order valence-electron chi connectivity index (χ4n) is 3.63. The van der Waals surface area contributed by atoms with E-state index in [9.17, 15) is 4.79 Å². The minimum atomic E-state index is -0.0751. The minimum absolute atomic E-state index is 0.0751. The lowest BCUT2D eigenvalue weighted by molar-refractivity contribution is -0.117. The van der Waals surface area contributed by atoms with Crippen molar-refractivity contribution < 1.29 is 14.3 Å². The molecular formula is C25H29N5O3. The highest BCUT2D eigenvalue weighted by Crippen LogP contribution is 2.25. The summed E-state index contributed by atoms with van der Waals surface area (Å²) >= 11 is 0. The Labute approximate surface area is 194 Å². The van der Waals surface area contributed by atoms with Crippen molar-refractivity contribution in [2.75, 3.05) is 55.6 Å². The molecule has 172 valence electrons. The van der Waals surface area contributed by atoms with Crippen LogP contribution in [0.3, 0.4) is 0 Å². The zero-order valence-corrected chi connectivity index (χ0v) is 19.0. The number of anilines is 4. The van der Waals surface area contributed by atoms with Gasteiger partial charge in [-0.25, -0.2) is 9.97 Å². The van der Waals surface area contributed by atoms with Gasteiger partial charge < -0.3 is 25.0 Å². The van der Waals surface area contributed by atoms with E-state index >= 15 is 0 Å². The highest BCUT2D eigenvalue weighted by atomic mass is 16.5. The number of carbonyl (C=O) groups excluding carboxylic acids is 1. The lowest BCUT2D eigenvalue weighted by Gasteiger charge is -2.28. The molecule has 8 nitrogen and oxygen atoms in total. The van der Waals surface area contributed by atoms with E-state index in [1.54, 1.807) is 7.11 Å². The Hall–Kier alpha value is -3.49. The summed E-state index contributed by atoms with van der Waals surface area (Å²) < 4.78 is 10.4. The number of hydrogen-bond acceptors (Lipinski definition) is 7. The molecule has 0 unspecified atom stereocenters. The van der Waals surface area contributed by atoms with Gasteiger partial charge in [0, 0.05) is 49.0 Å². The number of hydrogen-bond donors (Lipinski definition) is 2. The molecule has 0 spiro atoms. The molecule has 33 heavy (non-hydrogen) atoms. The molecular weight excluding hydrogens is 418 g/mol. The summed E-state index contributed by atoms with van der Waals surface area (Å²) in [5, 5.41) is 6.16. The fourth-order valence-corrected chi connectivity index (χ4v) is 3.63. The van der Waals surface area contributed by atoms with E-state index in [0.717, 1.165) is 54.5 Å². The topological polar surface area (TPSA) is 88.6 Å². The SMILES string of the molecule is COCCC(=O)Nc1ccc(-c2nc(Nc3ccc(N4CCOCC4)cc3)ncc2C)cc1. The number of aromatic nitrogens is 2. The van der Waals surface area contributed by atoms with Crippen molar-refractivity contribution in [1.82, 2.24) is 9.97 Å². The van der Waals surface area contributed by atoms with Crippen LogP contribution in [-0.2, 0) is 14.3 Å². The zero-order chi connectivity index (χ0) is 23.0. The summed E-state index contributed by atoms with van der Waals surface area (Å²) in [6.07, 6.45) is 2.14. The second-order valence-corrected chi connectivity index (χ2v) is 7.86. The molecule has 0 atom stereocenters. The molecule has 1 aliphatic heterocycles. The van der Waals surface area contributed by atoms with E-state index < -0.39 is 0 Å². The number of rotatable bonds is 8. The standard InChI is InChI=1S/C25H29N5O3/c1-18-17-26-25(28-21-7-9-22(10-8-21)30-12-15-33-16-13-30)29-24(18)19-3-5-20(6-4-19)27-23(31)11-14-32-2/h3-10,17H,11-16H2,1-2H3,(H,27,31)(H,26,28,29). The van der Waals surface area contributed by atoms with Crippen molar-refractivity contribution in [3.05, 3.63) is 60.3 Å². The quantitative estimate of drug-likeness (QED) is 0.539. The van der Waals surface area contributed by atoms with Crippen LogP contribution in [-0.4, -0.2) is 55.9 Å². The van der Waals surface area contributed by atoms with Crippen LogP contribution < -0.4 is 15.5 Å². The van der Waals surface area contributed by atoms with Crippen LogP contribution in [0.4, 0.5) is 23.0 Å². The molecule has 1 aromatic heterocycles. The number of aryl methyl sites for hydroxylation is 1. The lowest BCUT2D eigenvalue weighted by atomic mass is 10.1. The first-order chi connectivity index (χ1) is 16.1. The molecule has 1 fully saturated rings. The monoisotopic (exact) mass is 447 g/mol. The number of methoxy groups -OCH3 is 1. The summed E-state index contributed by atoms with van der Waals surface area (Å²) in [6, 6.07) is 15.9. The number of morpholine rings is 1. The van der Waals surface area contributed by atoms with Gasteiger partial charge >= 0.3 is 0 Å². The molecule has 3 aromatic rings. The number of ether oxygens (including phenoxy) is 2. The Bertz CT molecular complexity index is 1060. The van der Waals surface area contributed by atoms with Gasteiger partial charge in [-0.05, 0) is 48.9 Å². The molecule has 4 rings (SSSR count). The van der Waals surface area contributed by atoms with Crippen molar-refractivity contribution in [3.8, 4) is 11.3 Å². The molecule has 2 N–H and O–H groups in total. The van der Waals surface area contributed by atoms with Gasteiger partial charge in [0.15, 0.2) is 0 Å². The Morgan fingerprint density at radius 1 is 1.06 bits per heavy atom. The summed E-state index contributed by atoms with van der Waals surface area (Å²) in [6.45, 7) is 5.73. The number of nitrogens with one attached hydrogen (secondary N) is 2. The van der Waals surface area contributed by atoms with Gasteiger partial charge in [-0.2, -0.15) is 0 Å². The smallest absolute Gasteiger partial charge is 0.227 e. The fraction of sp³-hybridized carbons (Fsp3) is 0.320. The molecule has 2 heterocycles. The molecule has 0 saturated carbocycles. The van der Waals surface area contributed by atoms with Crippen LogP contribution in [0.2, 0.25) is 0 Å². The van der Waals surface area contributed by atoms with E-state index in [1.807, 2.05) is 49.5 Å². The number of carbonyl (C=O) groups is 1. The van der Waals surface area contributed by atoms with Crippen molar-refractivity contribution in [2.24, 2.45) is 0 Å². The molecule has 0 aliphatic carbocycles. The van der Waals surface area contributed by atoms with Crippen molar-refractivity contribution >= 4 is 28.9 Å². The average molecular weight is 448 g/mol. The second-order valence-electron chi connectivity index (χ2n) is 7.86. The van der Waals surface area contributed by atoms with Gasteiger partial charge in [0.05, 0.1) is 31.9 Å². The lowest BCUT2D eigenvalue weighted by Crippen LogP contribution is -2.36. The predicted octanol–water partition coefficient (Wildman–Crippen LogP) is 4.01. The van der Waals surface area contributed by atoms with Crippen LogP contribution in [0.5, 0.6) is 0 Å². The Kier molecular flexibility index (Phi) is 7.49. The maximum absolute atomic E-state index is 11.9. The number of amides is 1. The molecule has 2 aromatic carbocycles. The van der Waals surface area contributed by atoms with E-state index in [2.05, 4.69) is 32.7 Å². The minimum Gasteiger partial charge on any atom is -0.384 e. The van der Waals surface area contributed by atoms with E-state index in [4.69, 9.17) is 14.5 Å². The van der Waals surface area contributed by atoms with Crippen LogP contribution in [0.1, 0.15) is 12.0 Å². The normalized spacial score (nSPS) is 13.6. The summed E-state index contributed by atoms with van der Waals surface area (Å²) in [4.78, 5) is 23.4. The van der Waals surface area contributed by atoms with Crippen molar-refractivity contribution in [1.29, 1.82) is 0 Å². The van der Waals surface area contributed by atoms with Gasteiger partial charge in [-0.15, -0.1) is 0 Å². The van der Waals surface area contributed by atoms with E-state index in [0.29, 0.717) is 19.0 Å². The van der Waals surface area contributed by atoms with Gasteiger partial charge in [-0.1, -0.05) is 12.1 Å². The maximum atomic E-state index is 11.9. The predicted molar refractivity (Wildman–Crippen MR) is 130 cm³/mol.